The first kappa shape index (κ1) is 19.7. The summed E-state index contributed by atoms with van der Waals surface area (Å²) in [6.45, 7) is 5.53. The summed E-state index contributed by atoms with van der Waals surface area (Å²) in [4.78, 5) is 2.34. The lowest BCUT2D eigenvalue weighted by atomic mass is 10.1. The average Bonchev–Trinajstić information content (AvgIpc) is 2.69. The van der Waals surface area contributed by atoms with E-state index in [2.05, 4.69) is 46.7 Å². The number of rotatable bonds is 5. The molecule has 1 atom stereocenters. The molecule has 2 aromatic rings. The van der Waals surface area contributed by atoms with Crippen LogP contribution in [0, 0.1) is 0 Å². The van der Waals surface area contributed by atoms with Crippen molar-refractivity contribution in [1.29, 1.82) is 0 Å². The molecule has 5 nitrogen and oxygen atoms in total. The molecule has 1 saturated heterocycles. The van der Waals surface area contributed by atoms with Crippen molar-refractivity contribution in [2.24, 2.45) is 0 Å². The van der Waals surface area contributed by atoms with Crippen molar-refractivity contribution >= 4 is 40.3 Å². The minimum Gasteiger partial charge on any atom is -0.495 e. The summed E-state index contributed by atoms with van der Waals surface area (Å²) < 4.78 is 10.6. The SMILES string of the molecule is COc1ccc(NC(=S)N[C@H](C)c2ccc(N3CCOCC3)cc2)cc1Cl. The predicted octanol–water partition coefficient (Wildman–Crippen LogP) is 4.23. The number of methoxy groups -OCH3 is 1. The smallest absolute Gasteiger partial charge is 0.171 e. The molecular weight excluding hydrogens is 382 g/mol. The Morgan fingerprint density at radius 1 is 1.19 bits per heavy atom. The third kappa shape index (κ3) is 5.25. The summed E-state index contributed by atoms with van der Waals surface area (Å²) in [7, 11) is 1.59. The molecule has 1 aliphatic rings. The van der Waals surface area contributed by atoms with E-state index in [9.17, 15) is 0 Å². The van der Waals surface area contributed by atoms with E-state index in [1.165, 1.54) is 11.3 Å². The van der Waals surface area contributed by atoms with Crippen LogP contribution in [0.3, 0.4) is 0 Å². The van der Waals surface area contributed by atoms with Gasteiger partial charge in [-0.1, -0.05) is 23.7 Å². The molecule has 0 spiro atoms. The van der Waals surface area contributed by atoms with Gasteiger partial charge >= 0.3 is 0 Å². The molecule has 2 aromatic carbocycles. The Kier molecular flexibility index (Phi) is 6.77. The molecule has 0 unspecified atom stereocenters. The number of hydrogen-bond donors (Lipinski definition) is 2. The molecule has 0 radical (unpaired) electrons. The largest absolute Gasteiger partial charge is 0.495 e. The van der Waals surface area contributed by atoms with Crippen molar-refractivity contribution in [2.45, 2.75) is 13.0 Å². The van der Waals surface area contributed by atoms with Crippen LogP contribution in [0.5, 0.6) is 5.75 Å². The molecule has 0 amide bonds. The Morgan fingerprint density at radius 2 is 1.89 bits per heavy atom. The maximum Gasteiger partial charge on any atom is 0.171 e. The molecule has 27 heavy (non-hydrogen) atoms. The van der Waals surface area contributed by atoms with Gasteiger partial charge in [0.2, 0.25) is 0 Å². The van der Waals surface area contributed by atoms with Crippen molar-refractivity contribution < 1.29 is 9.47 Å². The normalized spacial score (nSPS) is 15.1. The molecule has 0 aromatic heterocycles. The van der Waals surface area contributed by atoms with Crippen molar-refractivity contribution in [1.82, 2.24) is 5.32 Å². The average molecular weight is 406 g/mol. The third-order valence-corrected chi connectivity index (χ3v) is 5.04. The quantitative estimate of drug-likeness (QED) is 0.726. The van der Waals surface area contributed by atoms with Gasteiger partial charge in [0, 0.05) is 24.5 Å². The lowest BCUT2D eigenvalue weighted by molar-refractivity contribution is 0.122. The fourth-order valence-electron chi connectivity index (χ4n) is 2.99. The molecular formula is C20H24ClN3O2S. The fraction of sp³-hybridized carbons (Fsp3) is 0.350. The molecule has 1 aliphatic heterocycles. The number of anilines is 2. The van der Waals surface area contributed by atoms with Crippen LogP contribution in [-0.2, 0) is 4.74 Å². The summed E-state index contributed by atoms with van der Waals surface area (Å²) in [5.74, 6) is 0.634. The summed E-state index contributed by atoms with van der Waals surface area (Å²) in [6.07, 6.45) is 0. The second-order valence-corrected chi connectivity index (χ2v) is 7.18. The number of ether oxygens (including phenoxy) is 2. The number of morpholine rings is 1. The molecule has 144 valence electrons. The monoisotopic (exact) mass is 405 g/mol. The maximum absolute atomic E-state index is 6.15. The standard InChI is InChI=1S/C20H24ClN3O2S/c1-14(15-3-6-17(7-4-15)24-9-11-26-12-10-24)22-20(27)23-16-5-8-19(25-2)18(21)13-16/h3-8,13-14H,9-12H2,1-2H3,(H2,22,23,27)/t14-/m1/s1. The van der Waals surface area contributed by atoms with Gasteiger partial charge in [-0.3, -0.25) is 0 Å². The van der Waals surface area contributed by atoms with Crippen molar-refractivity contribution in [2.75, 3.05) is 43.6 Å². The lowest BCUT2D eigenvalue weighted by Gasteiger charge is -2.29. The third-order valence-electron chi connectivity index (χ3n) is 4.53. The topological polar surface area (TPSA) is 45.8 Å². The molecule has 0 bridgehead atoms. The van der Waals surface area contributed by atoms with Crippen LogP contribution in [0.15, 0.2) is 42.5 Å². The van der Waals surface area contributed by atoms with Crippen LogP contribution in [-0.4, -0.2) is 38.5 Å². The van der Waals surface area contributed by atoms with Gasteiger partial charge in [0.15, 0.2) is 5.11 Å². The zero-order valence-electron chi connectivity index (χ0n) is 15.5. The minimum atomic E-state index is 0.0810. The van der Waals surface area contributed by atoms with Gasteiger partial charge < -0.3 is 25.0 Å². The zero-order chi connectivity index (χ0) is 19.2. The number of thiocarbonyl (C=S) groups is 1. The van der Waals surface area contributed by atoms with Crippen LogP contribution in [0.25, 0.3) is 0 Å². The van der Waals surface area contributed by atoms with E-state index in [-0.39, 0.29) is 6.04 Å². The number of nitrogens with one attached hydrogen (secondary N) is 2. The predicted molar refractivity (Wildman–Crippen MR) is 115 cm³/mol. The van der Waals surface area contributed by atoms with Crippen molar-refractivity contribution in [3.63, 3.8) is 0 Å². The van der Waals surface area contributed by atoms with E-state index < -0.39 is 0 Å². The van der Waals surface area contributed by atoms with E-state index in [4.69, 9.17) is 33.3 Å². The zero-order valence-corrected chi connectivity index (χ0v) is 17.1. The van der Waals surface area contributed by atoms with E-state index in [0.29, 0.717) is 15.9 Å². The number of benzene rings is 2. The molecule has 1 fully saturated rings. The van der Waals surface area contributed by atoms with Crippen LogP contribution >= 0.6 is 23.8 Å². The van der Waals surface area contributed by atoms with Gasteiger partial charge in [0.25, 0.3) is 0 Å². The van der Waals surface area contributed by atoms with Gasteiger partial charge in [-0.2, -0.15) is 0 Å². The van der Waals surface area contributed by atoms with Crippen LogP contribution in [0.4, 0.5) is 11.4 Å². The molecule has 2 N–H and O–H groups in total. The Hall–Kier alpha value is -2.02. The summed E-state index contributed by atoms with van der Waals surface area (Å²) in [6, 6.07) is 14.1. The van der Waals surface area contributed by atoms with Gasteiger partial charge in [-0.25, -0.2) is 0 Å². The number of halogens is 1. The number of hydrogen-bond acceptors (Lipinski definition) is 4. The first-order chi connectivity index (χ1) is 13.1. The summed E-state index contributed by atoms with van der Waals surface area (Å²) in [5, 5.41) is 7.54. The maximum atomic E-state index is 6.15. The molecule has 7 heteroatoms. The first-order valence-corrected chi connectivity index (χ1v) is 9.69. The van der Waals surface area contributed by atoms with Crippen LogP contribution < -0.4 is 20.3 Å². The van der Waals surface area contributed by atoms with E-state index in [0.717, 1.165) is 32.0 Å². The number of nitrogens with zero attached hydrogens (tertiary/aromatic N) is 1. The summed E-state index contributed by atoms with van der Waals surface area (Å²) in [5.41, 5.74) is 3.21. The molecule has 0 aliphatic carbocycles. The lowest BCUT2D eigenvalue weighted by Crippen LogP contribution is -2.36. The highest BCUT2D eigenvalue weighted by molar-refractivity contribution is 7.80. The van der Waals surface area contributed by atoms with Gasteiger partial charge in [0.05, 0.1) is 31.4 Å². The van der Waals surface area contributed by atoms with E-state index in [1.54, 1.807) is 19.2 Å². The molecule has 1 heterocycles. The highest BCUT2D eigenvalue weighted by atomic mass is 35.5. The van der Waals surface area contributed by atoms with Gasteiger partial charge in [0.1, 0.15) is 5.75 Å². The Labute approximate surface area is 170 Å². The van der Waals surface area contributed by atoms with Crippen LogP contribution in [0.1, 0.15) is 18.5 Å². The first-order valence-electron chi connectivity index (χ1n) is 8.90. The minimum absolute atomic E-state index is 0.0810. The van der Waals surface area contributed by atoms with E-state index in [1.807, 2.05) is 6.07 Å². The van der Waals surface area contributed by atoms with Gasteiger partial charge in [-0.05, 0) is 55.0 Å². The van der Waals surface area contributed by atoms with Crippen molar-refractivity contribution in [3.8, 4) is 5.75 Å². The second-order valence-electron chi connectivity index (χ2n) is 6.36. The molecule has 3 rings (SSSR count). The Bertz CT molecular complexity index is 779. The Balaban J connectivity index is 1.56. The Morgan fingerprint density at radius 3 is 2.52 bits per heavy atom. The highest BCUT2D eigenvalue weighted by Gasteiger charge is 2.13. The fourth-order valence-corrected chi connectivity index (χ4v) is 3.54. The highest BCUT2D eigenvalue weighted by Crippen LogP contribution is 2.27. The van der Waals surface area contributed by atoms with Crippen molar-refractivity contribution in [3.05, 3.63) is 53.1 Å². The second kappa shape index (κ2) is 9.26. The van der Waals surface area contributed by atoms with Gasteiger partial charge in [-0.15, -0.1) is 0 Å². The van der Waals surface area contributed by atoms with Crippen LogP contribution in [0.2, 0.25) is 5.02 Å². The molecule has 0 saturated carbocycles. The summed E-state index contributed by atoms with van der Waals surface area (Å²) >= 11 is 11.6. The van der Waals surface area contributed by atoms with E-state index >= 15 is 0 Å².